The Morgan fingerprint density at radius 2 is 2.17 bits per heavy atom. The molecule has 102 valence electrons. The molecule has 18 heavy (non-hydrogen) atoms. The number of nitrogens with one attached hydrogen (secondary N) is 1. The molecule has 0 bridgehead atoms. The van der Waals surface area contributed by atoms with Crippen LogP contribution in [0.5, 0.6) is 0 Å². The maximum absolute atomic E-state index is 11.2. The first-order valence-electron chi connectivity index (χ1n) is 5.37. The zero-order valence-corrected chi connectivity index (χ0v) is 11.5. The van der Waals surface area contributed by atoms with Crippen LogP contribution in [-0.4, -0.2) is 43.5 Å². The highest BCUT2D eigenvalue weighted by molar-refractivity contribution is 7.90. The number of hydrogen-bond donors (Lipinski definition) is 2. The van der Waals surface area contributed by atoms with Crippen LogP contribution in [0.1, 0.15) is 12.7 Å². The minimum Gasteiger partial charge on any atom is -0.384 e. The molecular weight excluding hydrogens is 256 g/mol. The normalized spacial score (nSPS) is 13.3. The number of sulfone groups is 1. The van der Waals surface area contributed by atoms with Gasteiger partial charge in [-0.2, -0.15) is 0 Å². The number of nitrogens with two attached hydrogens (primary N) is 1. The van der Waals surface area contributed by atoms with Crippen LogP contribution >= 0.6 is 0 Å². The molecular formula is C10H18N4O3S. The Hall–Kier alpha value is -1.41. The van der Waals surface area contributed by atoms with Gasteiger partial charge in [0.25, 0.3) is 0 Å². The van der Waals surface area contributed by atoms with Gasteiger partial charge in [-0.15, -0.1) is 0 Å². The predicted octanol–water partition coefficient (Wildman–Crippen LogP) is 0.0502. The van der Waals surface area contributed by atoms with Crippen LogP contribution in [0.3, 0.4) is 0 Å². The van der Waals surface area contributed by atoms with Crippen LogP contribution in [-0.2, 0) is 21.2 Å². The maximum Gasteiger partial charge on any atom is 0.158 e. The summed E-state index contributed by atoms with van der Waals surface area (Å²) in [6.45, 7) is 2.01. The molecule has 1 aromatic heterocycles. The zero-order chi connectivity index (χ0) is 13.8. The summed E-state index contributed by atoms with van der Waals surface area (Å²) in [5, 5.41) is 2.97. The zero-order valence-electron chi connectivity index (χ0n) is 10.7. The van der Waals surface area contributed by atoms with Crippen molar-refractivity contribution in [2.45, 2.75) is 19.6 Å². The quantitative estimate of drug-likeness (QED) is 0.754. The molecule has 1 aromatic rings. The van der Waals surface area contributed by atoms with Gasteiger partial charge in [0, 0.05) is 25.5 Å². The lowest BCUT2D eigenvalue weighted by atomic mass is 10.4. The highest BCUT2D eigenvalue weighted by atomic mass is 32.2. The van der Waals surface area contributed by atoms with Crippen molar-refractivity contribution < 1.29 is 13.2 Å². The molecule has 7 nitrogen and oxygen atoms in total. The highest BCUT2D eigenvalue weighted by Gasteiger charge is 2.11. The van der Waals surface area contributed by atoms with Crippen molar-refractivity contribution in [2.75, 3.05) is 30.2 Å². The van der Waals surface area contributed by atoms with Gasteiger partial charge >= 0.3 is 0 Å². The van der Waals surface area contributed by atoms with Crippen molar-refractivity contribution >= 4 is 21.5 Å². The summed E-state index contributed by atoms with van der Waals surface area (Å²) < 4.78 is 27.2. The number of nitrogen functional groups attached to an aromatic ring is 1. The molecule has 0 amide bonds. The summed E-state index contributed by atoms with van der Waals surface area (Å²) in [6, 6.07) is 1.29. The number of ether oxygens (including phenoxy) is 1. The van der Waals surface area contributed by atoms with E-state index in [9.17, 15) is 8.42 Å². The van der Waals surface area contributed by atoms with E-state index in [0.717, 1.165) is 0 Å². The average molecular weight is 274 g/mol. The number of aromatic nitrogens is 2. The number of hydrogen-bond acceptors (Lipinski definition) is 7. The Morgan fingerprint density at radius 3 is 2.72 bits per heavy atom. The summed E-state index contributed by atoms with van der Waals surface area (Å²) in [5.74, 6) is 1.28. The Bertz CT molecular complexity index is 504. The van der Waals surface area contributed by atoms with Crippen LogP contribution in [0.4, 0.5) is 11.6 Å². The second-order valence-corrected chi connectivity index (χ2v) is 6.35. The first-order valence-corrected chi connectivity index (χ1v) is 7.43. The molecule has 0 saturated carbocycles. The van der Waals surface area contributed by atoms with Gasteiger partial charge in [-0.3, -0.25) is 0 Å². The summed E-state index contributed by atoms with van der Waals surface area (Å²) in [7, 11) is -1.50. The lowest BCUT2D eigenvalue weighted by Gasteiger charge is -2.14. The van der Waals surface area contributed by atoms with Gasteiger partial charge in [0.1, 0.15) is 28.1 Å². The van der Waals surface area contributed by atoms with E-state index in [-0.39, 0.29) is 18.4 Å². The molecule has 1 atom stereocenters. The molecule has 1 rings (SSSR count). The molecule has 0 fully saturated rings. The lowest BCUT2D eigenvalue weighted by Crippen LogP contribution is -2.25. The third-order valence-electron chi connectivity index (χ3n) is 2.01. The molecule has 1 heterocycles. The van der Waals surface area contributed by atoms with Gasteiger partial charge < -0.3 is 15.8 Å². The Balaban J connectivity index is 2.77. The van der Waals surface area contributed by atoms with E-state index >= 15 is 0 Å². The van der Waals surface area contributed by atoms with Crippen LogP contribution in [0.2, 0.25) is 0 Å². The molecule has 8 heteroatoms. The minimum absolute atomic E-state index is 0.0243. The number of methoxy groups -OCH3 is 1. The van der Waals surface area contributed by atoms with Crippen molar-refractivity contribution in [3.8, 4) is 0 Å². The largest absolute Gasteiger partial charge is 0.384 e. The fraction of sp³-hybridized carbons (Fsp3) is 0.600. The Kier molecular flexibility index (Phi) is 4.85. The van der Waals surface area contributed by atoms with Gasteiger partial charge in [0.2, 0.25) is 0 Å². The molecule has 0 radical (unpaired) electrons. The smallest absolute Gasteiger partial charge is 0.158 e. The maximum atomic E-state index is 11.2. The fourth-order valence-corrected chi connectivity index (χ4v) is 2.53. The SMILES string of the molecule is COCc1nc(N)cc(NC(C)CS(C)(=O)=O)n1. The Morgan fingerprint density at radius 1 is 1.50 bits per heavy atom. The molecule has 1 unspecified atom stereocenters. The van der Waals surface area contributed by atoms with Crippen molar-refractivity contribution in [3.63, 3.8) is 0 Å². The molecule has 0 spiro atoms. The second-order valence-electron chi connectivity index (χ2n) is 4.17. The van der Waals surface area contributed by atoms with Gasteiger partial charge in [0.15, 0.2) is 5.82 Å². The molecule has 0 aliphatic heterocycles. The fourth-order valence-electron chi connectivity index (χ4n) is 1.53. The van der Waals surface area contributed by atoms with E-state index in [1.807, 2.05) is 0 Å². The van der Waals surface area contributed by atoms with Gasteiger partial charge in [-0.05, 0) is 6.92 Å². The summed E-state index contributed by atoms with van der Waals surface area (Å²) in [6.07, 6.45) is 1.19. The highest BCUT2D eigenvalue weighted by Crippen LogP contribution is 2.10. The Labute approximate surface area is 107 Å². The molecule has 0 aliphatic carbocycles. The van der Waals surface area contributed by atoms with Crippen LogP contribution in [0.25, 0.3) is 0 Å². The summed E-state index contributed by atoms with van der Waals surface area (Å²) in [5.41, 5.74) is 5.63. The van der Waals surface area contributed by atoms with Crippen molar-refractivity contribution in [3.05, 3.63) is 11.9 Å². The second kappa shape index (κ2) is 5.96. The molecule has 3 N–H and O–H groups in total. The topological polar surface area (TPSA) is 107 Å². The van der Waals surface area contributed by atoms with Crippen LogP contribution in [0.15, 0.2) is 6.07 Å². The van der Waals surface area contributed by atoms with Crippen molar-refractivity contribution in [1.82, 2.24) is 9.97 Å². The minimum atomic E-state index is -3.04. The van der Waals surface area contributed by atoms with Crippen molar-refractivity contribution in [1.29, 1.82) is 0 Å². The first kappa shape index (κ1) is 14.7. The predicted molar refractivity (Wildman–Crippen MR) is 70.0 cm³/mol. The van der Waals surface area contributed by atoms with E-state index in [1.54, 1.807) is 13.0 Å². The van der Waals surface area contributed by atoms with Gasteiger partial charge in [-0.25, -0.2) is 18.4 Å². The molecule has 0 aliphatic rings. The van der Waals surface area contributed by atoms with E-state index in [0.29, 0.717) is 17.5 Å². The standard InChI is InChI=1S/C10H18N4O3S/c1-7(6-18(3,15)16)12-9-4-8(11)13-10(14-9)5-17-2/h4,7H,5-6H2,1-3H3,(H3,11,12,13,14). The van der Waals surface area contributed by atoms with E-state index in [4.69, 9.17) is 10.5 Å². The third kappa shape index (κ3) is 5.28. The van der Waals surface area contributed by atoms with Crippen molar-refractivity contribution in [2.24, 2.45) is 0 Å². The van der Waals surface area contributed by atoms with E-state index < -0.39 is 9.84 Å². The number of anilines is 2. The monoisotopic (exact) mass is 274 g/mol. The summed E-state index contributed by atoms with van der Waals surface area (Å²) >= 11 is 0. The van der Waals surface area contributed by atoms with Gasteiger partial charge in [0.05, 0.1) is 5.75 Å². The lowest BCUT2D eigenvalue weighted by molar-refractivity contribution is 0.178. The number of rotatable bonds is 6. The number of nitrogens with zero attached hydrogens (tertiary/aromatic N) is 2. The molecule has 0 saturated heterocycles. The molecule has 0 aromatic carbocycles. The van der Waals surface area contributed by atoms with Crippen LogP contribution in [0, 0.1) is 0 Å². The third-order valence-corrected chi connectivity index (χ3v) is 3.12. The summed E-state index contributed by atoms with van der Waals surface area (Å²) in [4.78, 5) is 8.16. The van der Waals surface area contributed by atoms with Gasteiger partial charge in [-0.1, -0.05) is 0 Å². The van der Waals surface area contributed by atoms with E-state index in [1.165, 1.54) is 13.4 Å². The van der Waals surface area contributed by atoms with Crippen LogP contribution < -0.4 is 11.1 Å². The van der Waals surface area contributed by atoms with E-state index in [2.05, 4.69) is 15.3 Å². The average Bonchev–Trinajstić information content (AvgIpc) is 2.12. The first-order chi connectivity index (χ1) is 8.30.